The third-order valence-corrected chi connectivity index (χ3v) is 5.48. The number of carbonyl (C=O) groups is 4. The number of urea groups is 1. The Morgan fingerprint density at radius 2 is 1.59 bits per heavy atom. The molecule has 1 aromatic carbocycles. The van der Waals surface area contributed by atoms with Crippen LogP contribution in [0, 0.1) is 0 Å². The second kappa shape index (κ2) is 26.4. The maximum atomic E-state index is 12.8. The minimum atomic E-state index is -0.598. The van der Waals surface area contributed by atoms with Gasteiger partial charge >= 0.3 is 175 Å². The van der Waals surface area contributed by atoms with Crippen molar-refractivity contribution in [2.24, 2.45) is 0 Å². The molecular formula is C26H36N5O5Rb3. The van der Waals surface area contributed by atoms with Crippen LogP contribution >= 0.6 is 0 Å². The van der Waals surface area contributed by atoms with Crippen molar-refractivity contribution in [1.29, 1.82) is 0 Å². The van der Waals surface area contributed by atoms with Gasteiger partial charge in [0.15, 0.2) is 11.8 Å². The van der Waals surface area contributed by atoms with Crippen molar-refractivity contribution in [2.45, 2.75) is 51.9 Å². The Labute approximate surface area is 378 Å². The summed E-state index contributed by atoms with van der Waals surface area (Å²) in [5.41, 5.74) is 2.73. The number of carbonyl (C=O) groups excluding carboxylic acids is 4. The molecule has 10 nitrogen and oxygen atoms in total. The molecule has 2 N–H and O–H groups in total. The zero-order valence-corrected chi connectivity index (χ0v) is 38.9. The van der Waals surface area contributed by atoms with E-state index in [-0.39, 0.29) is 200 Å². The van der Waals surface area contributed by atoms with E-state index in [1.807, 2.05) is 14.0 Å². The molecule has 4 amide bonds. The topological polar surface area (TPSA) is 144 Å². The molecule has 0 atom stereocenters. The van der Waals surface area contributed by atoms with E-state index in [1.165, 1.54) is 0 Å². The fourth-order valence-corrected chi connectivity index (χ4v) is 3.63. The Morgan fingerprint density at radius 3 is 2.26 bits per heavy atom. The average molecular weight is 755 g/mol. The maximum Gasteiger partial charge on any atom is 1.00 e. The molecule has 0 fully saturated rings. The summed E-state index contributed by atoms with van der Waals surface area (Å²) in [6.45, 7) is 3.71. The summed E-state index contributed by atoms with van der Waals surface area (Å²) in [7, 11) is 1.83. The first-order chi connectivity index (χ1) is 17.4. The number of hydrogen-bond acceptors (Lipinski definition) is 6. The number of amides is 4. The third kappa shape index (κ3) is 18.4. The molecule has 0 heterocycles. The van der Waals surface area contributed by atoms with Crippen molar-refractivity contribution in [1.82, 2.24) is 10.6 Å². The van der Waals surface area contributed by atoms with Gasteiger partial charge in [-0.05, 0) is 38.6 Å². The monoisotopic (exact) mass is 753 g/mol. The summed E-state index contributed by atoms with van der Waals surface area (Å²) in [5, 5.41) is 17.4. The van der Waals surface area contributed by atoms with E-state index >= 15 is 0 Å². The normalized spacial score (nSPS) is 12.1. The molecular weight excluding hydrogens is 719 g/mol. The minimum absolute atomic E-state index is 0. The molecule has 1 aromatic rings. The number of nitrogens with one attached hydrogen (secondary N) is 2. The summed E-state index contributed by atoms with van der Waals surface area (Å²) in [6, 6.07) is 6.18. The van der Waals surface area contributed by atoms with Gasteiger partial charge in [0.05, 0.1) is 11.8 Å². The Hall–Kier alpha value is 2.02. The maximum absolute atomic E-state index is 12.8. The smallest absolute Gasteiger partial charge is 0.651 e. The summed E-state index contributed by atoms with van der Waals surface area (Å²) < 4.78 is 5.35. The molecule has 0 aliphatic heterocycles. The first-order valence-electron chi connectivity index (χ1n) is 12.5. The number of hydrogen-bond donors (Lipinski definition) is 2. The summed E-state index contributed by atoms with van der Waals surface area (Å²) in [5.74, 6) is -1.18. The number of Topliss-reactive ketones (excluding diaryl/α,β-unsaturated/α-hetero) is 1. The van der Waals surface area contributed by atoms with Crippen LogP contribution in [0.15, 0.2) is 35.5 Å². The average Bonchev–Trinajstić information content (AvgIpc) is 2.88. The van der Waals surface area contributed by atoms with Crippen LogP contribution in [-0.2, 0) is 14.3 Å². The van der Waals surface area contributed by atoms with Crippen LogP contribution in [-0.4, -0.2) is 63.5 Å². The molecule has 2 rings (SSSR count). The van der Waals surface area contributed by atoms with Crippen LogP contribution in [0.1, 0.15) is 62.2 Å². The van der Waals surface area contributed by atoms with Crippen LogP contribution in [0.25, 0.3) is 16.0 Å². The van der Waals surface area contributed by atoms with E-state index in [0.717, 1.165) is 43.4 Å². The number of benzene rings is 1. The molecule has 0 bridgehead atoms. The third-order valence-electron chi connectivity index (χ3n) is 5.48. The second-order valence-electron chi connectivity index (χ2n) is 8.33. The van der Waals surface area contributed by atoms with E-state index in [1.54, 1.807) is 24.3 Å². The van der Waals surface area contributed by atoms with Gasteiger partial charge in [0, 0.05) is 43.5 Å². The van der Waals surface area contributed by atoms with Crippen LogP contribution < -0.4 is 185 Å². The Bertz CT molecular complexity index is 929. The zero-order chi connectivity index (χ0) is 26.2. The Balaban J connectivity index is 0. The van der Waals surface area contributed by atoms with E-state index in [2.05, 4.69) is 26.6 Å². The van der Waals surface area contributed by atoms with E-state index < -0.39 is 18.2 Å². The largest absolute Gasteiger partial charge is 1.00 e. The van der Waals surface area contributed by atoms with E-state index in [9.17, 15) is 19.2 Å². The molecule has 1 aliphatic carbocycles. The van der Waals surface area contributed by atoms with E-state index in [0.29, 0.717) is 37.4 Å². The van der Waals surface area contributed by atoms with Gasteiger partial charge in [-0.1, -0.05) is 44.2 Å². The molecule has 1 aliphatic rings. The number of rotatable bonds is 15. The van der Waals surface area contributed by atoms with Gasteiger partial charge in [-0.2, -0.15) is 0 Å². The van der Waals surface area contributed by atoms with Crippen LogP contribution in [0.3, 0.4) is 0 Å². The van der Waals surface area contributed by atoms with Crippen LogP contribution in [0.4, 0.5) is 10.5 Å². The summed E-state index contributed by atoms with van der Waals surface area (Å²) in [4.78, 5) is 48.1. The molecule has 0 spiro atoms. The van der Waals surface area contributed by atoms with Crippen molar-refractivity contribution in [3.8, 4) is 0 Å². The molecule has 0 saturated carbocycles. The molecule has 0 saturated heterocycles. The minimum Gasteiger partial charge on any atom is -0.651 e. The van der Waals surface area contributed by atoms with Gasteiger partial charge < -0.3 is 40.9 Å². The fourth-order valence-electron chi connectivity index (χ4n) is 3.63. The van der Waals surface area contributed by atoms with Crippen LogP contribution in [0.2, 0.25) is 0 Å². The number of ketones is 1. The zero-order valence-electron chi connectivity index (χ0n) is 24.2. The molecule has 0 aromatic heterocycles. The van der Waals surface area contributed by atoms with Gasteiger partial charge in [0.1, 0.15) is 0 Å². The predicted molar refractivity (Wildman–Crippen MR) is 139 cm³/mol. The van der Waals surface area contributed by atoms with Crippen molar-refractivity contribution < 1.29 is 198 Å². The molecule has 39 heavy (non-hydrogen) atoms. The quantitative estimate of drug-likeness (QED) is 0.105. The van der Waals surface area contributed by atoms with Gasteiger partial charge in [-0.25, -0.2) is 0 Å². The van der Waals surface area contributed by atoms with E-state index in [4.69, 9.17) is 4.74 Å². The Kier molecular flexibility index (Phi) is 29.2. The molecule has 0 radical (unpaired) electrons. The molecule has 0 unspecified atom stereocenters. The van der Waals surface area contributed by atoms with Crippen molar-refractivity contribution in [2.75, 3.05) is 39.9 Å². The van der Waals surface area contributed by atoms with Crippen LogP contribution in [0.5, 0.6) is 0 Å². The number of nitrogens with zero attached hydrogens (tertiary/aromatic N) is 3. The summed E-state index contributed by atoms with van der Waals surface area (Å²) in [6.07, 6.45) is 4.72. The van der Waals surface area contributed by atoms with Crippen molar-refractivity contribution >= 4 is 29.3 Å². The SMILES string of the molecule is CCCNC(=O)[N-]CCCOCC[N-]C(=O)CC(=O)[N-]c1ccc(C(=O)C2=C(NC)CCCC2)cc1.[Rb+].[Rb+].[Rb+]. The first-order valence-corrected chi connectivity index (χ1v) is 12.5. The van der Waals surface area contributed by atoms with Crippen molar-refractivity contribution in [3.05, 3.63) is 57.0 Å². The first kappa shape index (κ1) is 43.1. The fraction of sp³-hybridized carbons (Fsp3) is 0.538. The molecule has 13 heteroatoms. The van der Waals surface area contributed by atoms with Gasteiger partial charge in [-0.15, -0.1) is 12.2 Å². The molecule has 198 valence electrons. The standard InChI is InChI=1S/C26H39N5O5.3Rb/c1-3-13-29-26(35)30-14-6-16-36-17-15-28-23(32)18-24(33)31-20-11-9-19(10-12-20)25(34)21-7-4-5-8-22(21)27-2;;;/h9-12H,3-8,13-18H2,1-2H3,(H5,27,28,29,30,31,32,33,34,35);;;/q;3*+1/p-3. The van der Waals surface area contributed by atoms with Gasteiger partial charge in [0.25, 0.3) is 0 Å². The van der Waals surface area contributed by atoms with Gasteiger partial charge in [0.2, 0.25) is 0 Å². The second-order valence-corrected chi connectivity index (χ2v) is 8.33. The predicted octanol–water partition coefficient (Wildman–Crippen LogP) is -4.35. The van der Waals surface area contributed by atoms with Gasteiger partial charge in [-0.3, -0.25) is 9.59 Å². The number of allylic oxidation sites excluding steroid dienone is 2. The van der Waals surface area contributed by atoms with Crippen molar-refractivity contribution in [3.63, 3.8) is 0 Å². The summed E-state index contributed by atoms with van der Waals surface area (Å²) >= 11 is 0. The Morgan fingerprint density at radius 1 is 0.897 bits per heavy atom. The number of ether oxygens (including phenoxy) is 1.